The van der Waals surface area contributed by atoms with Crippen molar-refractivity contribution < 1.29 is 0 Å². The van der Waals surface area contributed by atoms with E-state index >= 15 is 0 Å². The molecule has 0 nitrogen and oxygen atoms in total. The fourth-order valence-corrected chi connectivity index (χ4v) is 2.11. The molecular formula is C17H23. The third kappa shape index (κ3) is 4.65. The van der Waals surface area contributed by atoms with Crippen LogP contribution in [0.1, 0.15) is 63.0 Å². The van der Waals surface area contributed by atoms with Gasteiger partial charge >= 0.3 is 0 Å². The number of rotatable bonds is 7. The highest BCUT2D eigenvalue weighted by atomic mass is 14.1. The molecule has 0 aromatic heterocycles. The lowest BCUT2D eigenvalue weighted by Crippen LogP contribution is -1.95. The van der Waals surface area contributed by atoms with Gasteiger partial charge in [-0.05, 0) is 36.8 Å². The molecule has 1 aromatic rings. The van der Waals surface area contributed by atoms with Gasteiger partial charge in [-0.15, -0.1) is 0 Å². The number of unbranched alkanes of at least 4 members (excludes halogenated alkanes) is 2. The molecule has 0 fully saturated rings. The van der Waals surface area contributed by atoms with E-state index in [9.17, 15) is 0 Å². The van der Waals surface area contributed by atoms with Crippen LogP contribution in [0.15, 0.2) is 24.3 Å². The van der Waals surface area contributed by atoms with E-state index in [4.69, 9.17) is 6.42 Å². The quantitative estimate of drug-likeness (QED) is 0.459. The van der Waals surface area contributed by atoms with Crippen LogP contribution in [0.5, 0.6) is 0 Å². The molecule has 0 aliphatic heterocycles. The molecule has 0 spiro atoms. The third-order valence-corrected chi connectivity index (χ3v) is 3.20. The van der Waals surface area contributed by atoms with Crippen molar-refractivity contribution in [1.82, 2.24) is 0 Å². The Kier molecular flexibility index (Phi) is 6.48. The average molecular weight is 227 g/mol. The van der Waals surface area contributed by atoms with E-state index in [2.05, 4.69) is 44.0 Å². The Morgan fingerprint density at radius 1 is 1.06 bits per heavy atom. The lowest BCUT2D eigenvalue weighted by atomic mass is 9.94. The number of aryl methyl sites for hydroxylation is 1. The molecule has 0 bridgehead atoms. The normalized spacial score (nSPS) is 12.1. The molecule has 91 valence electrons. The first-order chi connectivity index (χ1) is 8.31. The van der Waals surface area contributed by atoms with Crippen LogP contribution in [0.3, 0.4) is 0 Å². The predicted octanol–water partition coefficient (Wildman–Crippen LogP) is 4.89. The van der Waals surface area contributed by atoms with E-state index in [0.29, 0.717) is 0 Å². The number of benzene rings is 1. The minimum Gasteiger partial charge on any atom is -0.0809 e. The van der Waals surface area contributed by atoms with Gasteiger partial charge in [-0.2, -0.15) is 0 Å². The van der Waals surface area contributed by atoms with Crippen molar-refractivity contribution >= 4 is 0 Å². The molecule has 0 aliphatic rings. The second kappa shape index (κ2) is 7.96. The zero-order chi connectivity index (χ0) is 12.5. The first-order valence-electron chi connectivity index (χ1n) is 6.82. The van der Waals surface area contributed by atoms with Crippen LogP contribution in [0.2, 0.25) is 0 Å². The third-order valence-electron chi connectivity index (χ3n) is 3.20. The van der Waals surface area contributed by atoms with E-state index in [1.54, 1.807) is 0 Å². The van der Waals surface area contributed by atoms with Crippen LogP contribution >= 0.6 is 0 Å². The van der Waals surface area contributed by atoms with Crippen LogP contribution < -0.4 is 0 Å². The van der Waals surface area contributed by atoms with E-state index in [0.717, 1.165) is 12.8 Å². The van der Waals surface area contributed by atoms with Crippen LogP contribution in [0.4, 0.5) is 0 Å². The summed E-state index contributed by atoms with van der Waals surface area (Å²) in [4.78, 5) is 0. The number of hydrogen-bond donors (Lipinski definition) is 0. The summed E-state index contributed by atoms with van der Waals surface area (Å²) >= 11 is 0. The highest BCUT2D eigenvalue weighted by molar-refractivity contribution is 5.29. The Hall–Kier alpha value is -1.22. The van der Waals surface area contributed by atoms with Crippen molar-refractivity contribution in [3.63, 3.8) is 0 Å². The highest BCUT2D eigenvalue weighted by Crippen LogP contribution is 2.21. The van der Waals surface area contributed by atoms with Gasteiger partial charge < -0.3 is 0 Å². The SMILES string of the molecule is [C]#CC(CCC)c1ccc(CCCCC)cc1. The molecule has 0 heteroatoms. The molecule has 1 unspecified atom stereocenters. The first-order valence-corrected chi connectivity index (χ1v) is 6.82. The minimum absolute atomic E-state index is 0.185. The van der Waals surface area contributed by atoms with Gasteiger partial charge in [0.2, 0.25) is 0 Å². The Bertz CT molecular complexity index is 339. The molecule has 1 atom stereocenters. The van der Waals surface area contributed by atoms with Crippen molar-refractivity contribution in [2.75, 3.05) is 0 Å². The van der Waals surface area contributed by atoms with E-state index in [1.807, 2.05) is 0 Å². The summed E-state index contributed by atoms with van der Waals surface area (Å²) in [6, 6.07) is 8.77. The van der Waals surface area contributed by atoms with Crippen LogP contribution in [-0.2, 0) is 6.42 Å². The maximum absolute atomic E-state index is 7.34. The lowest BCUT2D eigenvalue weighted by molar-refractivity contribution is 0.714. The van der Waals surface area contributed by atoms with Crippen molar-refractivity contribution in [1.29, 1.82) is 0 Å². The van der Waals surface area contributed by atoms with Gasteiger partial charge in [0, 0.05) is 5.92 Å². The van der Waals surface area contributed by atoms with Crippen LogP contribution in [0.25, 0.3) is 0 Å². The molecule has 1 aromatic carbocycles. The zero-order valence-corrected chi connectivity index (χ0v) is 11.1. The number of hydrogen-bond acceptors (Lipinski definition) is 0. The second-order valence-corrected chi connectivity index (χ2v) is 4.68. The summed E-state index contributed by atoms with van der Waals surface area (Å²) in [5, 5.41) is 0. The fourth-order valence-electron chi connectivity index (χ4n) is 2.11. The monoisotopic (exact) mass is 227 g/mol. The van der Waals surface area contributed by atoms with Gasteiger partial charge in [0.1, 0.15) is 0 Å². The molecule has 0 saturated heterocycles. The second-order valence-electron chi connectivity index (χ2n) is 4.68. The van der Waals surface area contributed by atoms with Crippen LogP contribution in [0, 0.1) is 12.3 Å². The largest absolute Gasteiger partial charge is 0.0809 e. The van der Waals surface area contributed by atoms with Crippen molar-refractivity contribution in [3.8, 4) is 5.92 Å². The molecule has 0 aliphatic carbocycles. The maximum atomic E-state index is 7.34. The molecule has 1 rings (SSSR count). The molecule has 0 amide bonds. The van der Waals surface area contributed by atoms with Gasteiger partial charge in [0.15, 0.2) is 0 Å². The first kappa shape index (κ1) is 13.8. The highest BCUT2D eigenvalue weighted by Gasteiger charge is 2.06. The lowest BCUT2D eigenvalue weighted by Gasteiger charge is -2.10. The standard InChI is InChI=1S/C17H23/c1-4-7-8-10-15-11-13-17(14-12-15)16(6-3)9-5-2/h11-14,16H,4-5,7-10H2,1-2H3. The molecule has 1 radical (unpaired) electrons. The van der Waals surface area contributed by atoms with E-state index < -0.39 is 0 Å². The summed E-state index contributed by atoms with van der Waals surface area (Å²) in [5.74, 6) is 2.83. The Morgan fingerprint density at radius 2 is 1.76 bits per heavy atom. The Morgan fingerprint density at radius 3 is 2.29 bits per heavy atom. The smallest absolute Gasteiger partial charge is 0.0462 e. The van der Waals surface area contributed by atoms with Crippen molar-refractivity contribution in [2.24, 2.45) is 0 Å². The van der Waals surface area contributed by atoms with Gasteiger partial charge in [-0.3, -0.25) is 0 Å². The predicted molar refractivity (Wildman–Crippen MR) is 74.5 cm³/mol. The van der Waals surface area contributed by atoms with Crippen LogP contribution in [-0.4, -0.2) is 0 Å². The van der Waals surface area contributed by atoms with Gasteiger partial charge in [0.25, 0.3) is 0 Å². The summed E-state index contributed by atoms with van der Waals surface area (Å²) < 4.78 is 0. The zero-order valence-electron chi connectivity index (χ0n) is 11.1. The van der Waals surface area contributed by atoms with Crippen molar-refractivity contribution in [3.05, 3.63) is 41.8 Å². The molecule has 0 saturated carbocycles. The van der Waals surface area contributed by atoms with Crippen molar-refractivity contribution in [2.45, 2.75) is 58.3 Å². The molecule has 0 heterocycles. The van der Waals surface area contributed by atoms with E-state index in [1.165, 1.54) is 36.8 Å². The summed E-state index contributed by atoms with van der Waals surface area (Å²) in [5.41, 5.74) is 2.66. The molecule has 17 heavy (non-hydrogen) atoms. The Balaban J connectivity index is 2.57. The summed E-state index contributed by atoms with van der Waals surface area (Å²) in [6.07, 6.45) is 14.5. The summed E-state index contributed by atoms with van der Waals surface area (Å²) in [6.45, 7) is 4.39. The van der Waals surface area contributed by atoms with Gasteiger partial charge in [0.05, 0.1) is 0 Å². The van der Waals surface area contributed by atoms with E-state index in [-0.39, 0.29) is 5.92 Å². The molecule has 0 N–H and O–H groups in total. The maximum Gasteiger partial charge on any atom is 0.0462 e. The fraction of sp³-hybridized carbons (Fsp3) is 0.529. The molecular weight excluding hydrogens is 204 g/mol. The minimum atomic E-state index is 0.185. The van der Waals surface area contributed by atoms with Gasteiger partial charge in [-0.25, -0.2) is 0 Å². The average Bonchev–Trinajstić information content (AvgIpc) is 2.37. The summed E-state index contributed by atoms with van der Waals surface area (Å²) in [7, 11) is 0. The van der Waals surface area contributed by atoms with Gasteiger partial charge in [-0.1, -0.05) is 63.3 Å². The Labute approximate surface area is 106 Å². The topological polar surface area (TPSA) is 0 Å².